The summed E-state index contributed by atoms with van der Waals surface area (Å²) >= 11 is 0. The monoisotopic (exact) mass is 268 g/mol. The Morgan fingerprint density at radius 1 is 1.32 bits per heavy atom. The summed E-state index contributed by atoms with van der Waals surface area (Å²) in [5, 5.41) is 0. The lowest BCUT2D eigenvalue weighted by Crippen LogP contribution is -2.51. The first-order valence-electron chi connectivity index (χ1n) is 6.21. The molecular weight excluding hydrogens is 248 g/mol. The number of nitrogens with two attached hydrogens (primary N) is 1. The first-order valence-corrected chi connectivity index (χ1v) is 6.21. The van der Waals surface area contributed by atoms with Gasteiger partial charge in [0, 0.05) is 45.6 Å². The van der Waals surface area contributed by atoms with Crippen molar-refractivity contribution in [2.24, 2.45) is 5.84 Å². The van der Waals surface area contributed by atoms with E-state index in [0.29, 0.717) is 24.8 Å². The van der Waals surface area contributed by atoms with E-state index in [4.69, 9.17) is 20.1 Å². The van der Waals surface area contributed by atoms with Gasteiger partial charge in [-0.1, -0.05) is 0 Å². The lowest BCUT2D eigenvalue weighted by molar-refractivity contribution is -0.112. The molecule has 0 aromatic carbocycles. The molecule has 1 saturated heterocycles. The highest BCUT2D eigenvalue weighted by Crippen LogP contribution is 2.38. The Bertz CT molecular complexity index is 410. The number of hydrogen-bond donors (Lipinski definition) is 2. The van der Waals surface area contributed by atoms with Crippen LogP contribution in [0.25, 0.3) is 0 Å². The van der Waals surface area contributed by atoms with Gasteiger partial charge < -0.3 is 14.2 Å². The minimum atomic E-state index is -0.462. The molecule has 0 aliphatic carbocycles. The van der Waals surface area contributed by atoms with Crippen molar-refractivity contribution in [3.8, 4) is 5.88 Å². The third kappa shape index (κ3) is 2.69. The van der Waals surface area contributed by atoms with E-state index in [1.165, 1.54) is 0 Å². The zero-order valence-electron chi connectivity index (χ0n) is 11.3. The van der Waals surface area contributed by atoms with Gasteiger partial charge in [0.05, 0.1) is 18.8 Å². The summed E-state index contributed by atoms with van der Waals surface area (Å²) in [5.41, 5.74) is 2.98. The molecule has 1 atom stereocenters. The van der Waals surface area contributed by atoms with Crippen LogP contribution in [-0.4, -0.2) is 43.0 Å². The Morgan fingerprint density at radius 3 is 2.58 bits per heavy atom. The number of rotatable bonds is 5. The van der Waals surface area contributed by atoms with E-state index in [2.05, 4.69) is 15.4 Å². The zero-order valence-corrected chi connectivity index (χ0v) is 11.3. The van der Waals surface area contributed by atoms with Crippen molar-refractivity contribution >= 4 is 0 Å². The van der Waals surface area contributed by atoms with E-state index < -0.39 is 5.60 Å². The first-order chi connectivity index (χ1) is 9.27. The molecule has 1 aliphatic rings. The van der Waals surface area contributed by atoms with Gasteiger partial charge in [-0.3, -0.25) is 10.8 Å². The Kier molecular flexibility index (Phi) is 4.65. The van der Waals surface area contributed by atoms with Crippen molar-refractivity contribution in [3.05, 3.63) is 18.1 Å². The number of hydrogen-bond acceptors (Lipinski definition) is 7. The predicted molar refractivity (Wildman–Crippen MR) is 68.4 cm³/mol. The fourth-order valence-electron chi connectivity index (χ4n) is 2.50. The van der Waals surface area contributed by atoms with Gasteiger partial charge in [-0.15, -0.1) is 0 Å². The second kappa shape index (κ2) is 6.25. The van der Waals surface area contributed by atoms with Crippen molar-refractivity contribution in [1.82, 2.24) is 15.4 Å². The van der Waals surface area contributed by atoms with Gasteiger partial charge in [0.25, 0.3) is 0 Å². The van der Waals surface area contributed by atoms with Gasteiger partial charge in [-0.2, -0.15) is 0 Å². The maximum Gasteiger partial charge on any atom is 0.237 e. The average Bonchev–Trinajstić information content (AvgIpc) is 2.49. The van der Waals surface area contributed by atoms with Crippen LogP contribution < -0.4 is 16.0 Å². The number of hydrazine groups is 1. The highest BCUT2D eigenvalue weighted by molar-refractivity contribution is 5.24. The standard InChI is InChI=1S/C12H20N4O3/c1-17-11-9(14-5-6-15-11)10(16-13)12(18-2)3-7-19-8-4-12/h5-6,10,16H,3-4,7-8,13H2,1-2H3. The molecule has 7 nitrogen and oxygen atoms in total. The van der Waals surface area contributed by atoms with E-state index in [1.54, 1.807) is 26.6 Å². The van der Waals surface area contributed by atoms with E-state index in [0.717, 1.165) is 12.8 Å². The fourth-order valence-corrected chi connectivity index (χ4v) is 2.50. The lowest BCUT2D eigenvalue weighted by Gasteiger charge is -2.41. The van der Waals surface area contributed by atoms with Crippen LogP contribution in [0.15, 0.2) is 12.4 Å². The predicted octanol–water partition coefficient (Wildman–Crippen LogP) is 0.185. The normalized spacial score (nSPS) is 19.9. The van der Waals surface area contributed by atoms with Crippen molar-refractivity contribution in [2.75, 3.05) is 27.4 Å². The zero-order chi connectivity index (χ0) is 13.7. The highest BCUT2D eigenvalue weighted by Gasteiger charge is 2.43. The summed E-state index contributed by atoms with van der Waals surface area (Å²) < 4.78 is 16.4. The van der Waals surface area contributed by atoms with E-state index in [9.17, 15) is 0 Å². The number of aromatic nitrogens is 2. The molecule has 2 heterocycles. The second-order valence-electron chi connectivity index (χ2n) is 4.43. The van der Waals surface area contributed by atoms with Crippen molar-refractivity contribution in [2.45, 2.75) is 24.5 Å². The maximum absolute atomic E-state index is 5.74. The minimum absolute atomic E-state index is 0.301. The number of methoxy groups -OCH3 is 2. The quantitative estimate of drug-likeness (QED) is 0.581. The highest BCUT2D eigenvalue weighted by atomic mass is 16.5. The van der Waals surface area contributed by atoms with Crippen molar-refractivity contribution < 1.29 is 14.2 Å². The topological polar surface area (TPSA) is 91.5 Å². The Hall–Kier alpha value is -1.28. The SMILES string of the molecule is COc1nccnc1C(NN)C1(OC)CCOCC1. The summed E-state index contributed by atoms with van der Waals surface area (Å²) in [6.45, 7) is 1.27. The summed E-state index contributed by atoms with van der Waals surface area (Å²) in [5.74, 6) is 6.18. The number of nitrogens with one attached hydrogen (secondary N) is 1. The summed E-state index contributed by atoms with van der Waals surface area (Å²) in [7, 11) is 3.24. The molecule has 1 unspecified atom stereocenters. The molecule has 0 spiro atoms. The Balaban J connectivity index is 2.36. The lowest BCUT2D eigenvalue weighted by atomic mass is 9.84. The third-order valence-electron chi connectivity index (χ3n) is 3.60. The molecule has 3 N–H and O–H groups in total. The van der Waals surface area contributed by atoms with E-state index in [1.807, 2.05) is 0 Å². The van der Waals surface area contributed by atoms with Gasteiger partial charge >= 0.3 is 0 Å². The third-order valence-corrected chi connectivity index (χ3v) is 3.60. The molecule has 106 valence electrons. The number of nitrogens with zero attached hydrogens (tertiary/aromatic N) is 2. The molecule has 0 radical (unpaired) electrons. The van der Waals surface area contributed by atoms with E-state index >= 15 is 0 Å². The molecule has 1 aliphatic heterocycles. The van der Waals surface area contributed by atoms with Crippen LogP contribution >= 0.6 is 0 Å². The Morgan fingerprint density at radius 2 is 2.00 bits per heavy atom. The first kappa shape index (κ1) is 14.1. The fraction of sp³-hybridized carbons (Fsp3) is 0.667. The molecule has 19 heavy (non-hydrogen) atoms. The molecular formula is C12H20N4O3. The minimum Gasteiger partial charge on any atom is -0.480 e. The molecule has 2 rings (SSSR count). The summed E-state index contributed by atoms with van der Waals surface area (Å²) in [6.07, 6.45) is 4.67. The van der Waals surface area contributed by atoms with Gasteiger partial charge in [0.15, 0.2) is 0 Å². The Labute approximate surface area is 112 Å². The molecule has 1 fully saturated rings. The van der Waals surface area contributed by atoms with Crippen LogP contribution in [-0.2, 0) is 9.47 Å². The van der Waals surface area contributed by atoms with Crippen LogP contribution in [0.3, 0.4) is 0 Å². The van der Waals surface area contributed by atoms with Gasteiger partial charge in [-0.05, 0) is 0 Å². The molecule has 1 aromatic heterocycles. The molecule has 7 heteroatoms. The number of ether oxygens (including phenoxy) is 3. The van der Waals surface area contributed by atoms with Crippen LogP contribution in [0, 0.1) is 0 Å². The van der Waals surface area contributed by atoms with Gasteiger partial charge in [0.1, 0.15) is 5.69 Å². The smallest absolute Gasteiger partial charge is 0.237 e. The average molecular weight is 268 g/mol. The molecule has 0 saturated carbocycles. The molecule has 1 aromatic rings. The second-order valence-corrected chi connectivity index (χ2v) is 4.43. The molecule has 0 amide bonds. The van der Waals surface area contributed by atoms with E-state index in [-0.39, 0.29) is 6.04 Å². The van der Waals surface area contributed by atoms with Crippen molar-refractivity contribution in [1.29, 1.82) is 0 Å². The van der Waals surface area contributed by atoms with Crippen molar-refractivity contribution in [3.63, 3.8) is 0 Å². The van der Waals surface area contributed by atoms with Gasteiger partial charge in [-0.25, -0.2) is 10.4 Å². The van der Waals surface area contributed by atoms with Gasteiger partial charge in [0.2, 0.25) is 5.88 Å². The summed E-state index contributed by atoms with van der Waals surface area (Å²) in [6, 6.07) is -0.301. The maximum atomic E-state index is 5.74. The van der Waals surface area contributed by atoms with Crippen LogP contribution in [0.4, 0.5) is 0 Å². The van der Waals surface area contributed by atoms with Crippen LogP contribution in [0.2, 0.25) is 0 Å². The molecule has 0 bridgehead atoms. The van der Waals surface area contributed by atoms with Crippen LogP contribution in [0.5, 0.6) is 5.88 Å². The van der Waals surface area contributed by atoms with Crippen LogP contribution in [0.1, 0.15) is 24.6 Å². The summed E-state index contributed by atoms with van der Waals surface area (Å²) in [4.78, 5) is 8.50. The largest absolute Gasteiger partial charge is 0.480 e.